The van der Waals surface area contributed by atoms with E-state index in [1.165, 1.54) is 18.4 Å². The molecule has 19 heavy (non-hydrogen) atoms. The van der Waals surface area contributed by atoms with E-state index >= 15 is 0 Å². The Bertz CT molecular complexity index is 622. The van der Waals surface area contributed by atoms with Crippen LogP contribution in [0.5, 0.6) is 5.75 Å². The van der Waals surface area contributed by atoms with Gasteiger partial charge in [0.1, 0.15) is 10.6 Å². The number of carbonyl (C=O) groups is 2. The highest BCUT2D eigenvalue weighted by Crippen LogP contribution is 2.24. The molecule has 0 saturated carbocycles. The first-order valence-corrected chi connectivity index (χ1v) is 6.33. The monoisotopic (exact) mass is 276 g/mol. The highest BCUT2D eigenvalue weighted by atomic mass is 32.1. The highest BCUT2D eigenvalue weighted by molar-refractivity contribution is 7.12. The van der Waals surface area contributed by atoms with E-state index in [2.05, 4.69) is 5.32 Å². The summed E-state index contributed by atoms with van der Waals surface area (Å²) in [6.07, 6.45) is 0. The van der Waals surface area contributed by atoms with E-state index in [1.54, 1.807) is 35.7 Å². The number of benzene rings is 1. The molecule has 0 atom stereocenters. The Hall–Kier alpha value is -2.34. The van der Waals surface area contributed by atoms with Crippen LogP contribution in [0.15, 0.2) is 35.7 Å². The zero-order chi connectivity index (χ0) is 13.8. The molecule has 3 N–H and O–H groups in total. The fourth-order valence-corrected chi connectivity index (χ4v) is 2.32. The lowest BCUT2D eigenvalue weighted by Crippen LogP contribution is -2.17. The third-order valence-electron chi connectivity index (χ3n) is 2.49. The SMILES string of the molecule is COc1ccccc1C(=O)Nc1ccsc1C(N)=O. The van der Waals surface area contributed by atoms with Gasteiger partial charge >= 0.3 is 0 Å². The molecule has 0 spiro atoms. The third kappa shape index (κ3) is 2.74. The quantitative estimate of drug-likeness (QED) is 0.897. The number of nitrogens with two attached hydrogens (primary N) is 1. The van der Waals surface area contributed by atoms with Gasteiger partial charge in [0.05, 0.1) is 18.4 Å². The molecule has 6 heteroatoms. The Kier molecular flexibility index (Phi) is 3.82. The van der Waals surface area contributed by atoms with E-state index in [0.29, 0.717) is 21.9 Å². The number of hydrogen-bond donors (Lipinski definition) is 2. The van der Waals surface area contributed by atoms with E-state index in [-0.39, 0.29) is 5.91 Å². The lowest BCUT2D eigenvalue weighted by molar-refractivity contribution is 0.100. The first kappa shape index (κ1) is 13.1. The Morgan fingerprint density at radius 1 is 1.26 bits per heavy atom. The second kappa shape index (κ2) is 5.53. The van der Waals surface area contributed by atoms with Crippen LogP contribution in [0, 0.1) is 0 Å². The van der Waals surface area contributed by atoms with Gasteiger partial charge in [0.25, 0.3) is 11.8 Å². The van der Waals surface area contributed by atoms with Crippen molar-refractivity contribution in [1.82, 2.24) is 0 Å². The van der Waals surface area contributed by atoms with E-state index in [9.17, 15) is 9.59 Å². The summed E-state index contributed by atoms with van der Waals surface area (Å²) in [4.78, 5) is 23.6. The topological polar surface area (TPSA) is 81.4 Å². The maximum atomic E-state index is 12.1. The van der Waals surface area contributed by atoms with Crippen LogP contribution < -0.4 is 15.8 Å². The Morgan fingerprint density at radius 3 is 2.68 bits per heavy atom. The van der Waals surface area contributed by atoms with E-state index in [4.69, 9.17) is 10.5 Å². The summed E-state index contributed by atoms with van der Waals surface area (Å²) in [6, 6.07) is 8.48. The number of carbonyl (C=O) groups excluding carboxylic acids is 2. The number of thiophene rings is 1. The zero-order valence-corrected chi connectivity index (χ0v) is 11.0. The number of primary amides is 1. The van der Waals surface area contributed by atoms with Gasteiger partial charge in [-0.25, -0.2) is 0 Å². The molecule has 98 valence electrons. The van der Waals surface area contributed by atoms with Crippen molar-refractivity contribution in [3.8, 4) is 5.75 Å². The summed E-state index contributed by atoms with van der Waals surface area (Å²) in [5, 5.41) is 4.35. The van der Waals surface area contributed by atoms with Crippen LogP contribution in [-0.2, 0) is 0 Å². The summed E-state index contributed by atoms with van der Waals surface area (Å²) < 4.78 is 5.11. The van der Waals surface area contributed by atoms with Crippen molar-refractivity contribution in [2.75, 3.05) is 12.4 Å². The average molecular weight is 276 g/mol. The molecule has 0 aliphatic rings. The minimum absolute atomic E-state index is 0.322. The first-order valence-electron chi connectivity index (χ1n) is 5.45. The number of anilines is 1. The molecule has 0 aliphatic heterocycles. The fourth-order valence-electron chi connectivity index (χ4n) is 1.62. The van der Waals surface area contributed by atoms with Crippen LogP contribution >= 0.6 is 11.3 Å². The maximum Gasteiger partial charge on any atom is 0.260 e. The van der Waals surface area contributed by atoms with E-state index < -0.39 is 5.91 Å². The smallest absolute Gasteiger partial charge is 0.260 e. The fraction of sp³-hybridized carbons (Fsp3) is 0.0769. The number of methoxy groups -OCH3 is 1. The summed E-state index contributed by atoms with van der Waals surface area (Å²) in [5.74, 6) is -0.445. The van der Waals surface area contributed by atoms with Gasteiger partial charge in [0.15, 0.2) is 0 Å². The number of amides is 2. The van der Waals surface area contributed by atoms with Crippen LogP contribution in [0.1, 0.15) is 20.0 Å². The molecular weight excluding hydrogens is 264 g/mol. The molecular formula is C13H12N2O3S. The van der Waals surface area contributed by atoms with Gasteiger partial charge in [-0.15, -0.1) is 11.3 Å². The van der Waals surface area contributed by atoms with Gasteiger partial charge in [0, 0.05) is 0 Å². The van der Waals surface area contributed by atoms with Gasteiger partial charge in [-0.05, 0) is 23.6 Å². The van der Waals surface area contributed by atoms with E-state index in [0.717, 1.165) is 0 Å². The normalized spacial score (nSPS) is 9.95. The van der Waals surface area contributed by atoms with Crippen molar-refractivity contribution in [1.29, 1.82) is 0 Å². The Morgan fingerprint density at radius 2 is 2.00 bits per heavy atom. The molecule has 1 aromatic heterocycles. The van der Waals surface area contributed by atoms with Gasteiger partial charge < -0.3 is 15.8 Å². The van der Waals surface area contributed by atoms with Crippen molar-refractivity contribution >= 4 is 28.8 Å². The molecule has 0 unspecified atom stereocenters. The van der Waals surface area contributed by atoms with Crippen LogP contribution in [-0.4, -0.2) is 18.9 Å². The molecule has 1 heterocycles. The lowest BCUT2D eigenvalue weighted by atomic mass is 10.2. The molecule has 0 radical (unpaired) electrons. The summed E-state index contributed by atoms with van der Waals surface area (Å²) >= 11 is 1.18. The largest absolute Gasteiger partial charge is 0.496 e. The molecule has 1 aromatic carbocycles. The van der Waals surface area contributed by atoms with Crippen molar-refractivity contribution in [3.63, 3.8) is 0 Å². The Labute approximate surface area is 114 Å². The van der Waals surface area contributed by atoms with Crippen molar-refractivity contribution in [2.45, 2.75) is 0 Å². The standard InChI is InChI=1S/C13H12N2O3S/c1-18-10-5-3-2-4-8(10)13(17)15-9-6-7-19-11(9)12(14)16/h2-7H,1H3,(H2,14,16)(H,15,17). The second-order valence-electron chi connectivity index (χ2n) is 3.68. The van der Waals surface area contributed by atoms with Gasteiger partial charge in [-0.2, -0.15) is 0 Å². The van der Waals surface area contributed by atoms with Crippen LogP contribution in [0.4, 0.5) is 5.69 Å². The molecule has 0 bridgehead atoms. The molecule has 2 aromatic rings. The Balaban J connectivity index is 2.26. The zero-order valence-electron chi connectivity index (χ0n) is 10.2. The molecule has 2 amide bonds. The third-order valence-corrected chi connectivity index (χ3v) is 3.42. The van der Waals surface area contributed by atoms with E-state index in [1.807, 2.05) is 0 Å². The second-order valence-corrected chi connectivity index (χ2v) is 4.60. The van der Waals surface area contributed by atoms with Gasteiger partial charge in [-0.3, -0.25) is 9.59 Å². The number of ether oxygens (including phenoxy) is 1. The highest BCUT2D eigenvalue weighted by Gasteiger charge is 2.16. The molecule has 0 aliphatic carbocycles. The van der Waals surface area contributed by atoms with Crippen molar-refractivity contribution in [3.05, 3.63) is 46.2 Å². The molecule has 0 saturated heterocycles. The number of para-hydroxylation sites is 1. The predicted molar refractivity (Wildman–Crippen MR) is 73.8 cm³/mol. The summed E-state index contributed by atoms with van der Waals surface area (Å²) in [6.45, 7) is 0. The molecule has 5 nitrogen and oxygen atoms in total. The van der Waals surface area contributed by atoms with Crippen LogP contribution in [0.2, 0.25) is 0 Å². The summed E-state index contributed by atoms with van der Waals surface area (Å²) in [5.41, 5.74) is 6.03. The minimum Gasteiger partial charge on any atom is -0.496 e. The van der Waals surface area contributed by atoms with Crippen molar-refractivity contribution in [2.24, 2.45) is 5.73 Å². The van der Waals surface area contributed by atoms with Crippen LogP contribution in [0.25, 0.3) is 0 Å². The maximum absolute atomic E-state index is 12.1. The predicted octanol–water partition coefficient (Wildman–Crippen LogP) is 2.11. The van der Waals surface area contributed by atoms with Gasteiger partial charge in [0.2, 0.25) is 0 Å². The summed E-state index contributed by atoms with van der Waals surface area (Å²) in [7, 11) is 1.49. The van der Waals surface area contributed by atoms with Gasteiger partial charge in [-0.1, -0.05) is 12.1 Å². The van der Waals surface area contributed by atoms with Crippen molar-refractivity contribution < 1.29 is 14.3 Å². The first-order chi connectivity index (χ1) is 9.13. The number of hydrogen-bond acceptors (Lipinski definition) is 4. The number of rotatable bonds is 4. The number of nitrogens with one attached hydrogen (secondary N) is 1. The average Bonchev–Trinajstić information content (AvgIpc) is 2.87. The minimum atomic E-state index is -0.565. The molecule has 0 fully saturated rings. The molecule has 2 rings (SSSR count). The van der Waals surface area contributed by atoms with Crippen LogP contribution in [0.3, 0.4) is 0 Å². The lowest BCUT2D eigenvalue weighted by Gasteiger charge is -2.08.